The zero-order valence-electron chi connectivity index (χ0n) is 12.1. The Morgan fingerprint density at radius 3 is 2.67 bits per heavy atom. The Balaban J connectivity index is 1.80. The summed E-state index contributed by atoms with van der Waals surface area (Å²) in [6.45, 7) is 2.15. The van der Waals surface area contributed by atoms with Gasteiger partial charge in [0.25, 0.3) is 0 Å². The molecule has 112 valence electrons. The van der Waals surface area contributed by atoms with Gasteiger partial charge < -0.3 is 14.1 Å². The van der Waals surface area contributed by atoms with Gasteiger partial charge in [-0.25, -0.2) is 4.39 Å². The molecule has 0 fully saturated rings. The van der Waals surface area contributed by atoms with E-state index in [1.54, 1.807) is 24.3 Å². The van der Waals surface area contributed by atoms with E-state index >= 15 is 0 Å². The van der Waals surface area contributed by atoms with Crippen molar-refractivity contribution in [2.75, 3.05) is 13.7 Å². The fourth-order valence-corrected chi connectivity index (χ4v) is 1.90. The van der Waals surface area contributed by atoms with E-state index < -0.39 is 0 Å². The fourth-order valence-electron chi connectivity index (χ4n) is 1.90. The minimum atomic E-state index is -0.314. The number of amides is 1. The van der Waals surface area contributed by atoms with Crippen LogP contribution < -0.4 is 4.74 Å². The normalized spacial score (nSPS) is 12.0. The first-order valence-corrected chi connectivity index (χ1v) is 6.75. The molecule has 0 saturated heterocycles. The Kier molecular flexibility index (Phi) is 4.98. The molecule has 1 heterocycles. The van der Waals surface area contributed by atoms with Crippen molar-refractivity contribution >= 4 is 5.91 Å². The van der Waals surface area contributed by atoms with Gasteiger partial charge in [-0.3, -0.25) is 4.79 Å². The highest BCUT2D eigenvalue weighted by Gasteiger charge is 2.19. The molecule has 1 amide bonds. The van der Waals surface area contributed by atoms with Crippen LogP contribution in [-0.4, -0.2) is 24.5 Å². The van der Waals surface area contributed by atoms with Crippen LogP contribution in [0.3, 0.4) is 0 Å². The van der Waals surface area contributed by atoms with Gasteiger partial charge in [0.15, 0.2) is 0 Å². The molecular weight excluding hydrogens is 273 g/mol. The SMILES string of the molecule is CC(c1ccco1)N(C)C(=O)CCOc1ccc(F)cc1. The number of nitrogens with zero attached hydrogens (tertiary/aromatic N) is 1. The second-order valence-electron chi connectivity index (χ2n) is 4.75. The minimum absolute atomic E-state index is 0.0407. The van der Waals surface area contributed by atoms with E-state index in [0.717, 1.165) is 5.76 Å². The molecule has 0 aliphatic heterocycles. The second-order valence-corrected chi connectivity index (χ2v) is 4.75. The van der Waals surface area contributed by atoms with Gasteiger partial charge in [0.2, 0.25) is 5.91 Å². The first kappa shape index (κ1) is 15.1. The number of carbonyl (C=O) groups is 1. The maximum Gasteiger partial charge on any atom is 0.226 e. The standard InChI is InChI=1S/C16H18FNO3/c1-12(15-4-3-10-21-15)18(2)16(19)9-11-20-14-7-5-13(17)6-8-14/h3-8,10,12H,9,11H2,1-2H3. The third-order valence-corrected chi connectivity index (χ3v) is 3.33. The lowest BCUT2D eigenvalue weighted by molar-refractivity contribution is -0.132. The van der Waals surface area contributed by atoms with Gasteiger partial charge in [-0.2, -0.15) is 0 Å². The minimum Gasteiger partial charge on any atom is -0.493 e. The third kappa shape index (κ3) is 4.08. The van der Waals surface area contributed by atoms with E-state index in [2.05, 4.69) is 0 Å². The molecule has 0 radical (unpaired) electrons. The second kappa shape index (κ2) is 6.92. The van der Waals surface area contributed by atoms with E-state index in [9.17, 15) is 9.18 Å². The lowest BCUT2D eigenvalue weighted by atomic mass is 10.2. The summed E-state index contributed by atoms with van der Waals surface area (Å²) in [6.07, 6.45) is 1.83. The molecule has 2 aromatic rings. The van der Waals surface area contributed by atoms with Crippen molar-refractivity contribution in [3.8, 4) is 5.75 Å². The van der Waals surface area contributed by atoms with Crippen molar-refractivity contribution in [1.29, 1.82) is 0 Å². The molecule has 0 aliphatic rings. The first-order chi connectivity index (χ1) is 10.1. The summed E-state index contributed by atoms with van der Waals surface area (Å²) < 4.78 is 23.4. The zero-order chi connectivity index (χ0) is 15.2. The van der Waals surface area contributed by atoms with Crippen LogP contribution in [0.4, 0.5) is 4.39 Å². The largest absolute Gasteiger partial charge is 0.493 e. The Bertz CT molecular complexity index is 566. The average molecular weight is 291 g/mol. The summed E-state index contributed by atoms with van der Waals surface area (Å²) in [5, 5.41) is 0. The number of halogens is 1. The molecule has 0 aliphatic carbocycles. The van der Waals surface area contributed by atoms with Crippen molar-refractivity contribution in [3.05, 3.63) is 54.2 Å². The van der Waals surface area contributed by atoms with E-state index in [1.807, 2.05) is 13.0 Å². The Hall–Kier alpha value is -2.30. The highest BCUT2D eigenvalue weighted by Crippen LogP contribution is 2.19. The van der Waals surface area contributed by atoms with Crippen LogP contribution in [0, 0.1) is 5.82 Å². The van der Waals surface area contributed by atoms with Crippen LogP contribution in [0.25, 0.3) is 0 Å². The maximum atomic E-state index is 12.7. The van der Waals surface area contributed by atoms with Crippen LogP contribution in [0.1, 0.15) is 25.1 Å². The van der Waals surface area contributed by atoms with Crippen molar-refractivity contribution in [1.82, 2.24) is 4.90 Å². The molecule has 1 aromatic heterocycles. The van der Waals surface area contributed by atoms with Gasteiger partial charge in [0.1, 0.15) is 17.3 Å². The molecule has 1 atom stereocenters. The molecule has 2 rings (SSSR count). The Morgan fingerprint density at radius 2 is 2.05 bits per heavy atom. The van der Waals surface area contributed by atoms with Gasteiger partial charge in [-0.05, 0) is 43.3 Å². The van der Waals surface area contributed by atoms with Gasteiger partial charge in [0, 0.05) is 7.05 Å². The quantitative estimate of drug-likeness (QED) is 0.819. The van der Waals surface area contributed by atoms with Crippen LogP contribution >= 0.6 is 0 Å². The Labute approximate surface area is 123 Å². The number of benzene rings is 1. The molecule has 0 saturated carbocycles. The van der Waals surface area contributed by atoms with Crippen molar-refractivity contribution < 1.29 is 18.3 Å². The van der Waals surface area contributed by atoms with E-state index in [-0.39, 0.29) is 30.8 Å². The van der Waals surface area contributed by atoms with Crippen molar-refractivity contribution in [3.63, 3.8) is 0 Å². The topological polar surface area (TPSA) is 42.7 Å². The maximum absolute atomic E-state index is 12.7. The van der Waals surface area contributed by atoms with Crippen molar-refractivity contribution in [2.45, 2.75) is 19.4 Å². The summed E-state index contributed by atoms with van der Waals surface area (Å²) >= 11 is 0. The molecule has 21 heavy (non-hydrogen) atoms. The Morgan fingerprint density at radius 1 is 1.33 bits per heavy atom. The van der Waals surface area contributed by atoms with E-state index in [0.29, 0.717) is 5.75 Å². The lowest BCUT2D eigenvalue weighted by Gasteiger charge is -2.23. The van der Waals surface area contributed by atoms with Crippen LogP contribution in [0.2, 0.25) is 0 Å². The number of rotatable bonds is 6. The van der Waals surface area contributed by atoms with Crippen LogP contribution in [0.5, 0.6) is 5.75 Å². The summed E-state index contributed by atoms with van der Waals surface area (Å²) in [4.78, 5) is 13.7. The molecular formula is C16H18FNO3. The molecule has 1 unspecified atom stereocenters. The number of carbonyl (C=O) groups excluding carboxylic acids is 1. The number of furan rings is 1. The molecule has 5 heteroatoms. The van der Waals surface area contributed by atoms with Gasteiger partial charge >= 0.3 is 0 Å². The number of hydrogen-bond donors (Lipinski definition) is 0. The van der Waals surface area contributed by atoms with E-state index in [1.165, 1.54) is 24.3 Å². The fraction of sp³-hybridized carbons (Fsp3) is 0.312. The van der Waals surface area contributed by atoms with Gasteiger partial charge in [-0.1, -0.05) is 0 Å². The van der Waals surface area contributed by atoms with Crippen molar-refractivity contribution in [2.24, 2.45) is 0 Å². The lowest BCUT2D eigenvalue weighted by Crippen LogP contribution is -2.30. The smallest absolute Gasteiger partial charge is 0.226 e. The van der Waals surface area contributed by atoms with Crippen LogP contribution in [0.15, 0.2) is 47.1 Å². The summed E-state index contributed by atoms with van der Waals surface area (Å²) in [5.41, 5.74) is 0. The highest BCUT2D eigenvalue weighted by atomic mass is 19.1. The van der Waals surface area contributed by atoms with E-state index in [4.69, 9.17) is 9.15 Å². The molecule has 0 spiro atoms. The number of hydrogen-bond acceptors (Lipinski definition) is 3. The summed E-state index contributed by atoms with van der Waals surface area (Å²) in [5.74, 6) is 0.933. The summed E-state index contributed by atoms with van der Waals surface area (Å²) in [6, 6.07) is 9.22. The molecule has 0 bridgehead atoms. The summed E-state index contributed by atoms with van der Waals surface area (Å²) in [7, 11) is 1.73. The monoisotopic (exact) mass is 291 g/mol. The average Bonchev–Trinajstić information content (AvgIpc) is 3.02. The zero-order valence-corrected chi connectivity index (χ0v) is 12.1. The third-order valence-electron chi connectivity index (χ3n) is 3.33. The predicted molar refractivity (Wildman–Crippen MR) is 76.4 cm³/mol. The van der Waals surface area contributed by atoms with Crippen LogP contribution in [-0.2, 0) is 4.79 Å². The molecule has 0 N–H and O–H groups in total. The first-order valence-electron chi connectivity index (χ1n) is 6.75. The number of ether oxygens (including phenoxy) is 1. The van der Waals surface area contributed by atoms with Gasteiger partial charge in [-0.15, -0.1) is 0 Å². The highest BCUT2D eigenvalue weighted by molar-refractivity contribution is 5.76. The van der Waals surface area contributed by atoms with Gasteiger partial charge in [0.05, 0.1) is 25.3 Å². The molecule has 1 aromatic carbocycles. The predicted octanol–water partition coefficient (Wildman–Crippen LogP) is 3.41. The molecule has 4 nitrogen and oxygen atoms in total.